The predicted octanol–water partition coefficient (Wildman–Crippen LogP) is 1.02. The second-order valence-corrected chi connectivity index (χ2v) is 6.34. The molecule has 0 spiro atoms. The normalized spacial score (nSPS) is 19.8. The van der Waals surface area contributed by atoms with Gasteiger partial charge in [-0.2, -0.15) is 10.2 Å². The summed E-state index contributed by atoms with van der Waals surface area (Å²) in [6.45, 7) is 0.832. The van der Waals surface area contributed by atoms with Crippen LogP contribution in [-0.4, -0.2) is 62.9 Å². The molecule has 0 saturated carbocycles. The Morgan fingerprint density at radius 1 is 1.33 bits per heavy atom. The van der Waals surface area contributed by atoms with Gasteiger partial charge in [-0.1, -0.05) is 0 Å². The number of aryl methyl sites for hydroxylation is 1. The number of methoxy groups -OCH3 is 1. The largest absolute Gasteiger partial charge is 0.470 e. The number of amides is 1. The molecule has 3 aromatic heterocycles. The minimum absolute atomic E-state index is 0.182. The van der Waals surface area contributed by atoms with Crippen molar-refractivity contribution in [3.05, 3.63) is 30.9 Å². The zero-order chi connectivity index (χ0) is 18.8. The van der Waals surface area contributed by atoms with Crippen molar-refractivity contribution in [2.75, 3.05) is 20.3 Å². The van der Waals surface area contributed by atoms with Crippen molar-refractivity contribution in [3.63, 3.8) is 0 Å². The summed E-state index contributed by atoms with van der Waals surface area (Å²) in [4.78, 5) is 16.1. The highest BCUT2D eigenvalue weighted by Gasteiger charge is 2.27. The Kier molecular flexibility index (Phi) is 4.63. The number of hydrogen-bond donors (Lipinski definition) is 1. The van der Waals surface area contributed by atoms with Gasteiger partial charge in [-0.25, -0.2) is 14.3 Å². The van der Waals surface area contributed by atoms with E-state index in [1.807, 2.05) is 25.5 Å². The second kappa shape index (κ2) is 7.23. The first-order valence-electron chi connectivity index (χ1n) is 8.54. The van der Waals surface area contributed by atoms with Gasteiger partial charge in [0.15, 0.2) is 0 Å². The van der Waals surface area contributed by atoms with Gasteiger partial charge in [0.1, 0.15) is 11.6 Å². The number of nitrogens with zero attached hydrogens (tertiary/aromatic N) is 5. The van der Waals surface area contributed by atoms with Gasteiger partial charge in [-0.15, -0.1) is 0 Å². The third kappa shape index (κ3) is 3.70. The molecule has 142 valence electrons. The van der Waals surface area contributed by atoms with Crippen molar-refractivity contribution in [2.24, 2.45) is 7.05 Å². The van der Waals surface area contributed by atoms with E-state index in [1.165, 1.54) is 7.11 Å². The maximum atomic E-state index is 11.4. The van der Waals surface area contributed by atoms with Crippen molar-refractivity contribution in [1.29, 1.82) is 0 Å². The smallest absolute Gasteiger partial charge is 0.407 e. The van der Waals surface area contributed by atoms with Crippen molar-refractivity contribution >= 4 is 11.6 Å². The van der Waals surface area contributed by atoms with Gasteiger partial charge in [-0.3, -0.25) is 4.68 Å². The summed E-state index contributed by atoms with van der Waals surface area (Å²) in [5, 5.41) is 11.2. The topological polar surface area (TPSA) is 105 Å². The first-order valence-corrected chi connectivity index (χ1v) is 8.54. The number of alkyl carbamates (subject to hydrolysis) is 1. The maximum absolute atomic E-state index is 11.4. The van der Waals surface area contributed by atoms with Gasteiger partial charge < -0.3 is 19.5 Å². The van der Waals surface area contributed by atoms with Crippen LogP contribution in [0.4, 0.5) is 4.79 Å². The lowest BCUT2D eigenvalue weighted by atomic mass is 10.1. The summed E-state index contributed by atoms with van der Waals surface area (Å²) in [6, 6.07) is 1.65. The van der Waals surface area contributed by atoms with E-state index in [1.54, 1.807) is 21.6 Å². The fraction of sp³-hybridized carbons (Fsp3) is 0.412. The number of carbonyl (C=O) groups excluding carboxylic acids is 1. The highest BCUT2D eigenvalue weighted by molar-refractivity contribution is 5.67. The molecular weight excluding hydrogens is 352 g/mol. The zero-order valence-electron chi connectivity index (χ0n) is 15.0. The molecule has 1 fully saturated rings. The van der Waals surface area contributed by atoms with E-state index in [-0.39, 0.29) is 12.1 Å². The summed E-state index contributed by atoms with van der Waals surface area (Å²) < 4.78 is 19.8. The van der Waals surface area contributed by atoms with E-state index in [0.29, 0.717) is 31.2 Å². The number of rotatable bonds is 4. The molecule has 0 aliphatic carbocycles. The number of ether oxygens (including phenoxy) is 3. The molecule has 3 aromatic rings. The second-order valence-electron chi connectivity index (χ2n) is 6.34. The molecule has 1 N–H and O–H groups in total. The molecule has 0 unspecified atom stereocenters. The third-order valence-corrected chi connectivity index (χ3v) is 4.31. The molecule has 1 saturated heterocycles. The van der Waals surface area contributed by atoms with Crippen LogP contribution in [0.5, 0.6) is 5.88 Å². The Balaban J connectivity index is 1.57. The Morgan fingerprint density at radius 3 is 3.00 bits per heavy atom. The van der Waals surface area contributed by atoms with Crippen LogP contribution in [0.25, 0.3) is 16.8 Å². The number of nitrogens with one attached hydrogen (secondary N) is 1. The van der Waals surface area contributed by atoms with Crippen LogP contribution in [0.1, 0.15) is 6.42 Å². The molecule has 0 radical (unpaired) electrons. The van der Waals surface area contributed by atoms with Crippen LogP contribution in [0.3, 0.4) is 0 Å². The quantitative estimate of drug-likeness (QED) is 0.729. The molecule has 1 aliphatic heterocycles. The van der Waals surface area contributed by atoms with Crippen LogP contribution < -0.4 is 10.1 Å². The van der Waals surface area contributed by atoms with Crippen LogP contribution in [-0.2, 0) is 16.5 Å². The Bertz CT molecular complexity index is 952. The molecule has 4 rings (SSSR count). The first-order chi connectivity index (χ1) is 13.1. The number of hydrogen-bond acceptors (Lipinski definition) is 7. The standard InChI is InChI=1S/C17H20N6O4/c1-22-7-11(6-19-22)14-8-23-15(3-4-18-23)16(21-14)27-13-5-12(9-26-10-13)20-17(24)25-2/h3-4,6-8,12-13H,5,9-10H2,1-2H3,(H,20,24)/t12-,13-/m1/s1. The monoisotopic (exact) mass is 372 g/mol. The molecule has 4 heterocycles. The molecule has 1 amide bonds. The fourth-order valence-corrected chi connectivity index (χ4v) is 3.04. The van der Waals surface area contributed by atoms with Crippen LogP contribution in [0.15, 0.2) is 30.9 Å². The van der Waals surface area contributed by atoms with Gasteiger partial charge in [0, 0.05) is 25.2 Å². The SMILES string of the molecule is COC(=O)N[C@H]1COC[C@H](Oc2nc(-c3cnn(C)c3)cn3nccc23)C1. The van der Waals surface area contributed by atoms with Crippen molar-refractivity contribution in [1.82, 2.24) is 29.7 Å². The van der Waals surface area contributed by atoms with Gasteiger partial charge in [0.05, 0.1) is 50.6 Å². The molecule has 1 aliphatic rings. The predicted molar refractivity (Wildman–Crippen MR) is 94.4 cm³/mol. The Labute approximate surface area is 155 Å². The van der Waals surface area contributed by atoms with Crippen molar-refractivity contribution in [3.8, 4) is 17.1 Å². The van der Waals surface area contributed by atoms with Crippen LogP contribution in [0.2, 0.25) is 0 Å². The molecule has 10 nitrogen and oxygen atoms in total. The molecule has 2 atom stereocenters. The van der Waals surface area contributed by atoms with E-state index in [2.05, 4.69) is 25.2 Å². The molecule has 0 bridgehead atoms. The summed E-state index contributed by atoms with van der Waals surface area (Å²) in [7, 11) is 3.18. The van der Waals surface area contributed by atoms with E-state index in [9.17, 15) is 4.79 Å². The molecule has 27 heavy (non-hydrogen) atoms. The summed E-state index contributed by atoms with van der Waals surface area (Å²) in [6.07, 6.45) is 6.99. The maximum Gasteiger partial charge on any atom is 0.407 e. The van der Waals surface area contributed by atoms with Gasteiger partial charge in [0.2, 0.25) is 5.88 Å². The van der Waals surface area contributed by atoms with Gasteiger partial charge in [-0.05, 0) is 6.07 Å². The summed E-state index contributed by atoms with van der Waals surface area (Å²) in [5.41, 5.74) is 2.32. The minimum atomic E-state index is -0.487. The Morgan fingerprint density at radius 2 is 2.22 bits per heavy atom. The van der Waals surface area contributed by atoms with Crippen LogP contribution >= 0.6 is 0 Å². The van der Waals surface area contributed by atoms with Gasteiger partial charge in [0.25, 0.3) is 0 Å². The highest BCUT2D eigenvalue weighted by atomic mass is 16.5. The number of carbonyl (C=O) groups is 1. The van der Waals surface area contributed by atoms with Crippen molar-refractivity contribution in [2.45, 2.75) is 18.6 Å². The fourth-order valence-electron chi connectivity index (χ4n) is 3.04. The van der Waals surface area contributed by atoms with Gasteiger partial charge >= 0.3 is 6.09 Å². The summed E-state index contributed by atoms with van der Waals surface area (Å²) in [5.74, 6) is 0.459. The average Bonchev–Trinajstić information content (AvgIpc) is 3.30. The Hall–Kier alpha value is -3.14. The van der Waals surface area contributed by atoms with Crippen LogP contribution in [0, 0.1) is 0 Å². The summed E-state index contributed by atoms with van der Waals surface area (Å²) >= 11 is 0. The minimum Gasteiger partial charge on any atom is -0.470 e. The van der Waals surface area contributed by atoms with E-state index >= 15 is 0 Å². The third-order valence-electron chi connectivity index (χ3n) is 4.31. The zero-order valence-corrected chi connectivity index (χ0v) is 15.0. The molecule has 10 heteroatoms. The first kappa shape index (κ1) is 17.3. The lowest BCUT2D eigenvalue weighted by Gasteiger charge is -2.29. The van der Waals surface area contributed by atoms with Crippen molar-refractivity contribution < 1.29 is 19.0 Å². The number of fused-ring (bicyclic) bond motifs is 1. The van der Waals surface area contributed by atoms with E-state index in [4.69, 9.17) is 9.47 Å². The average molecular weight is 372 g/mol. The van der Waals surface area contributed by atoms with E-state index < -0.39 is 6.09 Å². The highest BCUT2D eigenvalue weighted by Crippen LogP contribution is 2.25. The molecular formula is C17H20N6O4. The number of aromatic nitrogens is 5. The lowest BCUT2D eigenvalue weighted by Crippen LogP contribution is -2.46. The molecule has 0 aromatic carbocycles. The lowest BCUT2D eigenvalue weighted by molar-refractivity contribution is -0.0117. The van der Waals surface area contributed by atoms with E-state index in [0.717, 1.165) is 11.1 Å².